The monoisotopic (exact) mass is 430 g/mol. The zero-order chi connectivity index (χ0) is 20.1. The number of amides is 1. The summed E-state index contributed by atoms with van der Waals surface area (Å²) in [5.41, 5.74) is 3.10. The Morgan fingerprint density at radius 1 is 1.18 bits per heavy atom. The van der Waals surface area contributed by atoms with Gasteiger partial charge >= 0.3 is 0 Å². The second-order valence-corrected chi connectivity index (χ2v) is 10.4. The lowest BCUT2D eigenvalue weighted by molar-refractivity contribution is 0.0998. The van der Waals surface area contributed by atoms with Crippen molar-refractivity contribution in [3.05, 3.63) is 58.4 Å². The topological polar surface area (TPSA) is 34.4 Å². The van der Waals surface area contributed by atoms with Crippen LogP contribution in [0.1, 0.15) is 36.7 Å². The number of aromatic nitrogens is 1. The van der Waals surface area contributed by atoms with E-state index in [1.807, 2.05) is 24.3 Å². The van der Waals surface area contributed by atoms with Crippen LogP contribution in [-0.4, -0.2) is 27.7 Å². The summed E-state index contributed by atoms with van der Waals surface area (Å²) >= 11 is 5.20. The largest absolute Gasteiger partial charge is 0.316 e. The molecule has 3 rings (SSSR count). The fraction of sp³-hybridized carbons (Fsp3) is 0.364. The molecule has 28 heavy (non-hydrogen) atoms. The molecule has 0 aliphatic carbocycles. The molecule has 148 valence electrons. The Morgan fingerprint density at radius 2 is 1.93 bits per heavy atom. The first-order chi connectivity index (χ1) is 13.5. The molecule has 0 saturated carbocycles. The van der Waals surface area contributed by atoms with Gasteiger partial charge in [-0.25, -0.2) is 0 Å². The Morgan fingerprint density at radius 3 is 2.57 bits per heavy atom. The maximum absolute atomic E-state index is 12.8. The fourth-order valence-corrected chi connectivity index (χ4v) is 5.24. The molecule has 0 bridgehead atoms. The summed E-state index contributed by atoms with van der Waals surface area (Å²) in [4.78, 5) is 19.2. The van der Waals surface area contributed by atoms with E-state index in [-0.39, 0.29) is 5.91 Å². The van der Waals surface area contributed by atoms with Gasteiger partial charge in [-0.05, 0) is 54.6 Å². The van der Waals surface area contributed by atoms with E-state index in [0.717, 1.165) is 29.0 Å². The van der Waals surface area contributed by atoms with Gasteiger partial charge in [0.15, 0.2) is 4.80 Å². The number of hydrogen-bond donors (Lipinski definition) is 0. The molecule has 6 heteroatoms. The minimum Gasteiger partial charge on any atom is -0.316 e. The number of carbonyl (C=O) groups excluding carboxylic acids is 1. The molecular weight excluding hydrogens is 404 g/mol. The highest BCUT2D eigenvalue weighted by molar-refractivity contribution is 7.99. The van der Waals surface area contributed by atoms with Crippen LogP contribution in [0.4, 0.5) is 0 Å². The van der Waals surface area contributed by atoms with Crippen molar-refractivity contribution in [1.82, 2.24) is 4.57 Å². The van der Waals surface area contributed by atoms with Crippen LogP contribution >= 0.6 is 34.9 Å². The first-order valence-corrected chi connectivity index (χ1v) is 12.6. The van der Waals surface area contributed by atoms with Crippen LogP contribution < -0.4 is 4.80 Å². The highest BCUT2D eigenvalue weighted by atomic mass is 32.2. The van der Waals surface area contributed by atoms with Crippen molar-refractivity contribution in [2.24, 2.45) is 4.99 Å². The summed E-state index contributed by atoms with van der Waals surface area (Å²) in [5, 5.41) is 0.521. The second-order valence-electron chi connectivity index (χ2n) is 6.79. The third-order valence-corrected chi connectivity index (χ3v) is 6.99. The lowest BCUT2D eigenvalue weighted by Crippen LogP contribution is -2.18. The van der Waals surface area contributed by atoms with Crippen LogP contribution in [0.15, 0.2) is 52.4 Å². The molecule has 1 heterocycles. The molecule has 0 aliphatic heterocycles. The van der Waals surface area contributed by atoms with Crippen LogP contribution in [0.3, 0.4) is 0 Å². The lowest BCUT2D eigenvalue weighted by Gasteiger charge is -2.05. The third kappa shape index (κ3) is 5.10. The summed E-state index contributed by atoms with van der Waals surface area (Å²) in [7, 11) is 0. The molecular formula is C22H26N2OS3. The average Bonchev–Trinajstić information content (AvgIpc) is 3.02. The Hall–Kier alpha value is -1.50. The number of nitrogens with zero attached hydrogens (tertiary/aromatic N) is 2. The lowest BCUT2D eigenvalue weighted by atomic mass is 10.2. The molecule has 0 atom stereocenters. The number of thiazole rings is 1. The number of thioether (sulfide) groups is 2. The van der Waals surface area contributed by atoms with Crippen molar-refractivity contribution in [2.45, 2.75) is 43.9 Å². The second kappa shape index (κ2) is 9.81. The highest BCUT2D eigenvalue weighted by Crippen LogP contribution is 2.23. The molecule has 1 aromatic heterocycles. The van der Waals surface area contributed by atoms with Crippen LogP contribution in [0.25, 0.3) is 10.2 Å². The van der Waals surface area contributed by atoms with Gasteiger partial charge in [0, 0.05) is 28.0 Å². The van der Waals surface area contributed by atoms with E-state index in [9.17, 15) is 4.79 Å². The Bertz CT molecular complexity index is 1020. The van der Waals surface area contributed by atoms with Gasteiger partial charge in [-0.15, -0.1) is 11.8 Å². The molecule has 0 radical (unpaired) electrons. The molecule has 3 aromatic rings. The van der Waals surface area contributed by atoms with E-state index in [4.69, 9.17) is 0 Å². The van der Waals surface area contributed by atoms with E-state index in [1.54, 1.807) is 34.9 Å². The summed E-state index contributed by atoms with van der Waals surface area (Å²) in [5.74, 6) is 0.811. The zero-order valence-electron chi connectivity index (χ0n) is 16.8. The number of hydrogen-bond acceptors (Lipinski definition) is 4. The number of fused-ring (bicyclic) bond motifs is 1. The predicted molar refractivity (Wildman–Crippen MR) is 125 cm³/mol. The first-order valence-electron chi connectivity index (χ1n) is 9.48. The molecule has 3 nitrogen and oxygen atoms in total. The van der Waals surface area contributed by atoms with Gasteiger partial charge in [-0.2, -0.15) is 16.8 Å². The minimum absolute atomic E-state index is 0.179. The molecule has 0 aliphatic rings. The highest BCUT2D eigenvalue weighted by Gasteiger charge is 2.10. The van der Waals surface area contributed by atoms with E-state index in [2.05, 4.69) is 54.8 Å². The summed E-state index contributed by atoms with van der Waals surface area (Å²) < 4.78 is 3.37. The molecule has 0 fully saturated rings. The zero-order valence-corrected chi connectivity index (χ0v) is 19.2. The fourth-order valence-electron chi connectivity index (χ4n) is 2.92. The van der Waals surface area contributed by atoms with E-state index in [0.29, 0.717) is 10.8 Å². The van der Waals surface area contributed by atoms with Crippen molar-refractivity contribution in [3.63, 3.8) is 0 Å². The van der Waals surface area contributed by atoms with E-state index < -0.39 is 0 Å². The Kier molecular flexibility index (Phi) is 7.43. The van der Waals surface area contributed by atoms with Crippen LogP contribution in [0.5, 0.6) is 0 Å². The Labute approximate surface area is 179 Å². The number of carbonyl (C=O) groups is 1. The van der Waals surface area contributed by atoms with Gasteiger partial charge < -0.3 is 4.57 Å². The predicted octanol–water partition coefficient (Wildman–Crippen LogP) is 5.87. The van der Waals surface area contributed by atoms with Gasteiger partial charge in [-0.1, -0.05) is 38.2 Å². The maximum atomic E-state index is 12.8. The number of rotatable bonds is 7. The first kappa shape index (κ1) is 21.2. The standard InChI is InChI=1S/C22H26N2OS3/c1-5-16-6-11-19-20(14-16)28-22(24(19)12-13-26-4)23-21(25)17-7-9-18(10-8-17)27-15(2)3/h6-11,14-15H,5,12-13H2,1-4H3. The minimum atomic E-state index is -0.179. The van der Waals surface area contributed by atoms with Crippen molar-refractivity contribution >= 4 is 51.0 Å². The normalized spacial score (nSPS) is 12.2. The molecule has 0 spiro atoms. The van der Waals surface area contributed by atoms with Crippen LogP contribution in [0, 0.1) is 0 Å². The molecule has 2 aromatic carbocycles. The smallest absolute Gasteiger partial charge is 0.279 e. The summed E-state index contributed by atoms with van der Waals surface area (Å²) in [6.45, 7) is 7.34. The molecule has 0 unspecified atom stereocenters. The van der Waals surface area contributed by atoms with Crippen molar-refractivity contribution in [2.75, 3.05) is 12.0 Å². The number of benzene rings is 2. The average molecular weight is 431 g/mol. The Balaban J connectivity index is 1.98. The van der Waals surface area contributed by atoms with Crippen molar-refractivity contribution in [1.29, 1.82) is 0 Å². The number of aryl methyl sites for hydroxylation is 2. The maximum Gasteiger partial charge on any atom is 0.279 e. The van der Waals surface area contributed by atoms with Gasteiger partial charge in [0.05, 0.1) is 10.2 Å². The quantitative estimate of drug-likeness (QED) is 0.440. The van der Waals surface area contributed by atoms with Crippen molar-refractivity contribution < 1.29 is 4.79 Å². The summed E-state index contributed by atoms with van der Waals surface area (Å²) in [6.07, 6.45) is 3.10. The third-order valence-electron chi connectivity index (χ3n) is 4.34. The van der Waals surface area contributed by atoms with Crippen LogP contribution in [0.2, 0.25) is 0 Å². The SMILES string of the molecule is CCc1ccc2c(c1)sc(=NC(=O)c1ccc(SC(C)C)cc1)n2CCSC. The summed E-state index contributed by atoms with van der Waals surface area (Å²) in [6, 6.07) is 14.3. The molecule has 0 N–H and O–H groups in total. The van der Waals surface area contributed by atoms with Gasteiger partial charge in [0.1, 0.15) is 0 Å². The molecule has 1 amide bonds. The van der Waals surface area contributed by atoms with E-state index >= 15 is 0 Å². The van der Waals surface area contributed by atoms with Gasteiger partial charge in [-0.3, -0.25) is 4.79 Å². The van der Waals surface area contributed by atoms with Crippen molar-refractivity contribution in [3.8, 4) is 0 Å². The molecule has 0 saturated heterocycles. The van der Waals surface area contributed by atoms with E-state index in [1.165, 1.54) is 15.2 Å². The van der Waals surface area contributed by atoms with Crippen LogP contribution in [-0.2, 0) is 13.0 Å². The van der Waals surface area contributed by atoms with Gasteiger partial charge in [0.25, 0.3) is 5.91 Å². The van der Waals surface area contributed by atoms with Gasteiger partial charge in [0.2, 0.25) is 0 Å².